The van der Waals surface area contributed by atoms with Gasteiger partial charge < -0.3 is 9.80 Å². The van der Waals surface area contributed by atoms with Crippen LogP contribution in [-0.2, 0) is 9.59 Å². The van der Waals surface area contributed by atoms with Crippen molar-refractivity contribution >= 4 is 11.8 Å². The van der Waals surface area contributed by atoms with Crippen LogP contribution in [0.4, 0.5) is 13.2 Å². The second-order valence-corrected chi connectivity index (χ2v) is 6.82. The van der Waals surface area contributed by atoms with Crippen LogP contribution in [0.2, 0.25) is 0 Å². The van der Waals surface area contributed by atoms with Crippen molar-refractivity contribution in [3.05, 3.63) is 0 Å². The van der Waals surface area contributed by atoms with E-state index >= 15 is 0 Å². The van der Waals surface area contributed by atoms with E-state index in [-0.39, 0.29) is 30.7 Å². The molecule has 0 N–H and O–H groups in total. The van der Waals surface area contributed by atoms with Gasteiger partial charge in [-0.3, -0.25) is 9.59 Å². The Labute approximate surface area is 129 Å². The first-order valence-electron chi connectivity index (χ1n) is 7.63. The minimum absolute atomic E-state index is 0.123. The summed E-state index contributed by atoms with van der Waals surface area (Å²) in [5.41, 5.74) is 0. The van der Waals surface area contributed by atoms with E-state index in [1.54, 1.807) is 4.90 Å². The number of amides is 2. The molecule has 0 aliphatic carbocycles. The molecule has 0 aromatic heterocycles. The maximum Gasteiger partial charge on any atom is 0.406 e. The van der Waals surface area contributed by atoms with Crippen LogP contribution in [0.1, 0.15) is 34.1 Å². The molecule has 4 nitrogen and oxygen atoms in total. The average molecular weight is 322 g/mol. The first-order chi connectivity index (χ1) is 9.99. The quantitative estimate of drug-likeness (QED) is 0.754. The molecule has 0 spiro atoms. The van der Waals surface area contributed by atoms with Gasteiger partial charge in [-0.25, -0.2) is 0 Å². The average Bonchev–Trinajstić information content (AvgIpc) is 2.65. The maximum atomic E-state index is 12.5. The summed E-state index contributed by atoms with van der Waals surface area (Å²) in [6.45, 7) is 7.63. The Morgan fingerprint density at radius 3 is 2.14 bits per heavy atom. The summed E-state index contributed by atoms with van der Waals surface area (Å²) in [6, 6.07) is 0. The molecular formula is C15H25F3N2O2. The van der Waals surface area contributed by atoms with E-state index in [2.05, 4.69) is 0 Å². The molecule has 1 aliphatic rings. The highest BCUT2D eigenvalue weighted by Crippen LogP contribution is 2.25. The number of likely N-dealkylation sites (tertiary alicyclic amines) is 1. The zero-order chi connectivity index (χ0) is 17.1. The Kier molecular flexibility index (Phi) is 6.26. The summed E-state index contributed by atoms with van der Waals surface area (Å²) in [5.74, 6) is -0.922. The highest BCUT2D eigenvalue weighted by molar-refractivity contribution is 5.89. The molecule has 1 saturated heterocycles. The smallest absolute Gasteiger partial charge is 0.342 e. The molecule has 1 fully saturated rings. The second-order valence-electron chi connectivity index (χ2n) is 6.82. The van der Waals surface area contributed by atoms with Crippen LogP contribution >= 0.6 is 0 Å². The molecule has 0 aromatic rings. The van der Waals surface area contributed by atoms with Gasteiger partial charge >= 0.3 is 6.18 Å². The van der Waals surface area contributed by atoms with Gasteiger partial charge in [-0.15, -0.1) is 0 Å². The predicted octanol–water partition coefficient (Wildman–Crippen LogP) is 2.54. The molecule has 0 bridgehead atoms. The lowest BCUT2D eigenvalue weighted by atomic mass is 10.0. The summed E-state index contributed by atoms with van der Waals surface area (Å²) in [4.78, 5) is 26.7. The fourth-order valence-corrected chi connectivity index (χ4v) is 2.70. The van der Waals surface area contributed by atoms with E-state index in [1.807, 2.05) is 27.7 Å². The van der Waals surface area contributed by atoms with Crippen LogP contribution in [-0.4, -0.2) is 54.0 Å². The number of alkyl halides is 3. The van der Waals surface area contributed by atoms with Gasteiger partial charge in [-0.1, -0.05) is 27.7 Å². The van der Waals surface area contributed by atoms with Crippen molar-refractivity contribution in [3.63, 3.8) is 0 Å². The van der Waals surface area contributed by atoms with E-state index < -0.39 is 24.5 Å². The molecule has 0 radical (unpaired) electrons. The van der Waals surface area contributed by atoms with Crippen LogP contribution in [0.25, 0.3) is 0 Å². The van der Waals surface area contributed by atoms with Gasteiger partial charge in [-0.2, -0.15) is 13.2 Å². The van der Waals surface area contributed by atoms with Crippen LogP contribution in [0.15, 0.2) is 0 Å². The molecule has 1 rings (SSSR count). The van der Waals surface area contributed by atoms with Crippen LogP contribution < -0.4 is 0 Å². The summed E-state index contributed by atoms with van der Waals surface area (Å²) < 4.78 is 37.3. The van der Waals surface area contributed by atoms with Gasteiger partial charge in [0.2, 0.25) is 11.8 Å². The standard InChI is InChI=1S/C15H25F3N2O2/c1-10(2)6-19(7-11(3)4)14(22)12-5-13(21)20(8-12)9-15(16,17)18/h10-12H,5-9H2,1-4H3. The summed E-state index contributed by atoms with van der Waals surface area (Å²) >= 11 is 0. The fraction of sp³-hybridized carbons (Fsp3) is 0.867. The Hall–Kier alpha value is -1.27. The Balaban J connectivity index is 2.72. The largest absolute Gasteiger partial charge is 0.406 e. The first kappa shape index (κ1) is 18.8. The first-order valence-corrected chi connectivity index (χ1v) is 7.63. The number of carbonyl (C=O) groups excluding carboxylic acids is 2. The van der Waals surface area contributed by atoms with E-state index in [1.165, 1.54) is 0 Å². The molecule has 1 unspecified atom stereocenters. The van der Waals surface area contributed by atoms with Gasteiger partial charge in [0, 0.05) is 26.1 Å². The Morgan fingerprint density at radius 1 is 1.23 bits per heavy atom. The Bertz CT molecular complexity index is 398. The van der Waals surface area contributed by atoms with E-state index in [0.717, 1.165) is 4.90 Å². The van der Waals surface area contributed by atoms with Crippen molar-refractivity contribution in [1.29, 1.82) is 0 Å². The number of halogens is 3. The third-order valence-corrected chi connectivity index (χ3v) is 3.42. The third-order valence-electron chi connectivity index (χ3n) is 3.42. The van der Waals surface area contributed by atoms with Gasteiger partial charge in [0.25, 0.3) is 0 Å². The predicted molar refractivity (Wildman–Crippen MR) is 77.0 cm³/mol. The number of hydrogen-bond acceptors (Lipinski definition) is 2. The maximum absolute atomic E-state index is 12.5. The van der Waals surface area contributed by atoms with Crippen LogP contribution in [0.3, 0.4) is 0 Å². The van der Waals surface area contributed by atoms with E-state index in [0.29, 0.717) is 13.1 Å². The number of rotatable bonds is 6. The Morgan fingerprint density at radius 2 is 1.73 bits per heavy atom. The van der Waals surface area contributed by atoms with Crippen molar-refractivity contribution in [2.45, 2.75) is 40.3 Å². The minimum atomic E-state index is -4.43. The van der Waals surface area contributed by atoms with E-state index in [4.69, 9.17) is 0 Å². The van der Waals surface area contributed by atoms with Crippen LogP contribution in [0, 0.1) is 17.8 Å². The summed E-state index contributed by atoms with van der Waals surface area (Å²) in [6.07, 6.45) is -4.55. The molecule has 0 saturated carbocycles. The normalized spacial score (nSPS) is 19.4. The minimum Gasteiger partial charge on any atom is -0.342 e. The topological polar surface area (TPSA) is 40.6 Å². The van der Waals surface area contributed by atoms with Crippen molar-refractivity contribution in [2.75, 3.05) is 26.2 Å². The number of hydrogen-bond donors (Lipinski definition) is 0. The van der Waals surface area contributed by atoms with Crippen LogP contribution in [0.5, 0.6) is 0 Å². The molecule has 7 heteroatoms. The molecule has 1 heterocycles. The third kappa shape index (κ3) is 5.85. The van der Waals surface area contributed by atoms with Gasteiger partial charge in [-0.05, 0) is 11.8 Å². The number of carbonyl (C=O) groups is 2. The van der Waals surface area contributed by atoms with Crippen molar-refractivity contribution < 1.29 is 22.8 Å². The molecular weight excluding hydrogens is 297 g/mol. The summed E-state index contributed by atoms with van der Waals surface area (Å²) in [7, 11) is 0. The van der Waals surface area contributed by atoms with E-state index in [9.17, 15) is 22.8 Å². The molecule has 1 atom stereocenters. The molecule has 22 heavy (non-hydrogen) atoms. The highest BCUT2D eigenvalue weighted by Gasteiger charge is 2.41. The fourth-order valence-electron chi connectivity index (χ4n) is 2.70. The lowest BCUT2D eigenvalue weighted by molar-refractivity contribution is -0.157. The van der Waals surface area contributed by atoms with Crippen molar-refractivity contribution in [3.8, 4) is 0 Å². The van der Waals surface area contributed by atoms with Crippen molar-refractivity contribution in [2.24, 2.45) is 17.8 Å². The SMILES string of the molecule is CC(C)CN(CC(C)C)C(=O)C1CC(=O)N(CC(F)(F)F)C1. The lowest BCUT2D eigenvalue weighted by Crippen LogP contribution is -2.42. The molecule has 128 valence electrons. The zero-order valence-corrected chi connectivity index (χ0v) is 13.6. The molecule has 1 aliphatic heterocycles. The van der Waals surface area contributed by atoms with Gasteiger partial charge in [0.1, 0.15) is 6.54 Å². The number of nitrogens with zero attached hydrogens (tertiary/aromatic N) is 2. The lowest BCUT2D eigenvalue weighted by Gasteiger charge is -2.29. The zero-order valence-electron chi connectivity index (χ0n) is 13.6. The van der Waals surface area contributed by atoms with Gasteiger partial charge in [0.15, 0.2) is 0 Å². The van der Waals surface area contributed by atoms with Crippen molar-refractivity contribution in [1.82, 2.24) is 9.80 Å². The molecule has 2 amide bonds. The summed E-state index contributed by atoms with van der Waals surface area (Å²) in [5, 5.41) is 0. The second kappa shape index (κ2) is 7.33. The molecule has 0 aromatic carbocycles. The van der Waals surface area contributed by atoms with Gasteiger partial charge in [0.05, 0.1) is 5.92 Å². The monoisotopic (exact) mass is 322 g/mol. The highest BCUT2D eigenvalue weighted by atomic mass is 19.4.